The molecule has 0 heterocycles. The molecule has 0 aromatic heterocycles. The molecule has 0 aromatic carbocycles. The van der Waals surface area contributed by atoms with Crippen molar-refractivity contribution in [2.75, 3.05) is 0 Å². The molecule has 2 aliphatic carbocycles. The van der Waals surface area contributed by atoms with Crippen molar-refractivity contribution in [1.82, 2.24) is 0 Å². The van der Waals surface area contributed by atoms with E-state index in [-0.39, 0.29) is 18.4 Å². The smallest absolute Gasteiger partial charge is 0.303 e. The molecule has 0 bridgehead atoms. The van der Waals surface area contributed by atoms with Gasteiger partial charge in [0.1, 0.15) is 0 Å². The van der Waals surface area contributed by atoms with Crippen LogP contribution < -0.4 is 0 Å². The summed E-state index contributed by atoms with van der Waals surface area (Å²) in [5.41, 5.74) is 0. The first kappa shape index (κ1) is 10.9. The number of carbonyl (C=O) groups is 1. The normalized spacial score (nSPS) is 40.9. The maximum absolute atomic E-state index is 10.8. The molecule has 0 aliphatic heterocycles. The lowest BCUT2D eigenvalue weighted by atomic mass is 9.63. The van der Waals surface area contributed by atoms with E-state index in [1.54, 1.807) is 0 Å². The van der Waals surface area contributed by atoms with Gasteiger partial charge in [-0.25, -0.2) is 0 Å². The molecule has 2 rings (SSSR count). The van der Waals surface area contributed by atoms with Gasteiger partial charge in [0.15, 0.2) is 0 Å². The third-order valence-electron chi connectivity index (χ3n) is 4.26. The van der Waals surface area contributed by atoms with Crippen LogP contribution in [0.2, 0.25) is 0 Å². The first-order valence-electron chi connectivity index (χ1n) is 6.08. The summed E-state index contributed by atoms with van der Waals surface area (Å²) in [7, 11) is 0. The molecule has 0 aromatic rings. The fourth-order valence-corrected chi connectivity index (χ4v) is 3.53. The molecule has 3 heteroatoms. The maximum Gasteiger partial charge on any atom is 0.303 e. The van der Waals surface area contributed by atoms with Crippen molar-refractivity contribution in [3.8, 4) is 0 Å². The third kappa shape index (κ3) is 2.33. The summed E-state index contributed by atoms with van der Waals surface area (Å²) >= 11 is 0. The van der Waals surface area contributed by atoms with Crippen LogP contribution in [0.5, 0.6) is 0 Å². The minimum Gasteiger partial charge on any atom is -0.481 e. The lowest BCUT2D eigenvalue weighted by molar-refractivity contribution is -0.141. The third-order valence-corrected chi connectivity index (χ3v) is 4.26. The summed E-state index contributed by atoms with van der Waals surface area (Å²) in [5, 5.41) is 18.8. The zero-order valence-corrected chi connectivity index (χ0v) is 9.06. The molecule has 2 aliphatic rings. The number of carboxylic acid groups (broad SMARTS) is 1. The van der Waals surface area contributed by atoms with E-state index >= 15 is 0 Å². The fraction of sp³-hybridized carbons (Fsp3) is 0.917. The Morgan fingerprint density at radius 3 is 2.60 bits per heavy atom. The van der Waals surface area contributed by atoms with Gasteiger partial charge in [0.2, 0.25) is 0 Å². The van der Waals surface area contributed by atoms with Gasteiger partial charge in [0, 0.05) is 0 Å². The van der Waals surface area contributed by atoms with Crippen LogP contribution in [0.3, 0.4) is 0 Å². The number of carboxylic acids is 1. The van der Waals surface area contributed by atoms with Crippen LogP contribution in [0, 0.1) is 17.8 Å². The van der Waals surface area contributed by atoms with Crippen LogP contribution in [0.25, 0.3) is 0 Å². The van der Waals surface area contributed by atoms with Crippen LogP contribution in [0.4, 0.5) is 0 Å². The van der Waals surface area contributed by atoms with Crippen LogP contribution >= 0.6 is 0 Å². The zero-order valence-electron chi connectivity index (χ0n) is 9.06. The Bertz CT molecular complexity index is 239. The van der Waals surface area contributed by atoms with Crippen molar-refractivity contribution < 1.29 is 15.0 Å². The van der Waals surface area contributed by atoms with Crippen molar-refractivity contribution >= 4 is 5.97 Å². The Morgan fingerprint density at radius 2 is 1.87 bits per heavy atom. The molecule has 2 fully saturated rings. The summed E-state index contributed by atoms with van der Waals surface area (Å²) in [6.07, 6.45) is 6.55. The average molecular weight is 212 g/mol. The van der Waals surface area contributed by atoms with Crippen LogP contribution in [-0.4, -0.2) is 22.3 Å². The van der Waals surface area contributed by atoms with Gasteiger partial charge in [-0.1, -0.05) is 19.3 Å². The number of hydrogen-bond donors (Lipinski definition) is 2. The maximum atomic E-state index is 10.8. The highest BCUT2D eigenvalue weighted by atomic mass is 16.4. The van der Waals surface area contributed by atoms with Crippen molar-refractivity contribution in [3.05, 3.63) is 0 Å². The van der Waals surface area contributed by atoms with E-state index in [4.69, 9.17) is 5.11 Å². The lowest BCUT2D eigenvalue weighted by Crippen LogP contribution is -2.40. The van der Waals surface area contributed by atoms with Crippen molar-refractivity contribution in [3.63, 3.8) is 0 Å². The molecule has 2 saturated carbocycles. The molecule has 4 atom stereocenters. The number of hydrogen-bond acceptors (Lipinski definition) is 2. The number of rotatable bonds is 2. The number of aliphatic hydroxyl groups is 1. The molecule has 15 heavy (non-hydrogen) atoms. The zero-order chi connectivity index (χ0) is 10.8. The molecular formula is C12H20O3. The van der Waals surface area contributed by atoms with Gasteiger partial charge in [-0.3, -0.25) is 4.79 Å². The number of fused-ring (bicyclic) bond motifs is 1. The number of aliphatic hydroxyl groups excluding tert-OH is 1. The molecule has 0 saturated heterocycles. The molecular weight excluding hydrogens is 192 g/mol. The van der Waals surface area contributed by atoms with Gasteiger partial charge in [0.25, 0.3) is 0 Å². The van der Waals surface area contributed by atoms with Gasteiger partial charge in [-0.05, 0) is 37.0 Å². The quantitative estimate of drug-likeness (QED) is 0.736. The monoisotopic (exact) mass is 212 g/mol. The first-order valence-corrected chi connectivity index (χ1v) is 6.08. The number of aliphatic carboxylic acids is 1. The summed E-state index contributed by atoms with van der Waals surface area (Å²) in [5.74, 6) is 0.414. The van der Waals surface area contributed by atoms with E-state index in [1.807, 2.05) is 0 Å². The lowest BCUT2D eigenvalue weighted by Gasteiger charge is -2.43. The van der Waals surface area contributed by atoms with Gasteiger partial charge in [-0.15, -0.1) is 0 Å². The molecule has 86 valence electrons. The molecule has 0 amide bonds. The predicted octanol–water partition coefficient (Wildman–Crippen LogP) is 2.04. The van der Waals surface area contributed by atoms with Crippen molar-refractivity contribution in [2.24, 2.45) is 17.8 Å². The highest BCUT2D eigenvalue weighted by molar-refractivity contribution is 5.67. The SMILES string of the molecule is O=C(O)CC1C(O)CCC2CCCCC21. The minimum absolute atomic E-state index is 0.0153. The first-order chi connectivity index (χ1) is 7.18. The van der Waals surface area contributed by atoms with E-state index < -0.39 is 5.97 Å². The van der Waals surface area contributed by atoms with Crippen LogP contribution in [-0.2, 0) is 4.79 Å². The summed E-state index contributed by atoms with van der Waals surface area (Å²) in [4.78, 5) is 10.8. The molecule has 0 radical (unpaired) electrons. The van der Waals surface area contributed by atoms with Gasteiger partial charge >= 0.3 is 5.97 Å². The van der Waals surface area contributed by atoms with E-state index in [0.717, 1.165) is 19.3 Å². The average Bonchev–Trinajstić information content (AvgIpc) is 2.22. The summed E-state index contributed by atoms with van der Waals surface area (Å²) in [6, 6.07) is 0. The van der Waals surface area contributed by atoms with Gasteiger partial charge < -0.3 is 10.2 Å². The van der Waals surface area contributed by atoms with E-state index in [9.17, 15) is 9.90 Å². The second-order valence-electron chi connectivity index (χ2n) is 5.11. The van der Waals surface area contributed by atoms with E-state index in [1.165, 1.54) is 19.3 Å². The Labute approximate surface area is 90.5 Å². The highest BCUT2D eigenvalue weighted by Crippen LogP contribution is 2.45. The second-order valence-corrected chi connectivity index (χ2v) is 5.11. The summed E-state index contributed by atoms with van der Waals surface area (Å²) < 4.78 is 0. The van der Waals surface area contributed by atoms with Crippen LogP contribution in [0.1, 0.15) is 44.9 Å². The highest BCUT2D eigenvalue weighted by Gasteiger charge is 2.40. The van der Waals surface area contributed by atoms with Gasteiger partial charge in [0.05, 0.1) is 12.5 Å². The topological polar surface area (TPSA) is 57.5 Å². The molecule has 3 nitrogen and oxygen atoms in total. The predicted molar refractivity (Wildman–Crippen MR) is 56.4 cm³/mol. The summed E-state index contributed by atoms with van der Waals surface area (Å²) in [6.45, 7) is 0. The Hall–Kier alpha value is -0.570. The van der Waals surface area contributed by atoms with Crippen molar-refractivity contribution in [2.45, 2.75) is 51.0 Å². The molecule has 0 spiro atoms. The standard InChI is InChI=1S/C12H20O3/c13-11-6-5-8-3-1-2-4-9(8)10(11)7-12(14)15/h8-11,13H,1-7H2,(H,14,15). The largest absolute Gasteiger partial charge is 0.481 e. The Balaban J connectivity index is 2.05. The van der Waals surface area contributed by atoms with E-state index in [0.29, 0.717) is 11.8 Å². The van der Waals surface area contributed by atoms with Crippen LogP contribution in [0.15, 0.2) is 0 Å². The molecule has 4 unspecified atom stereocenters. The fourth-order valence-electron chi connectivity index (χ4n) is 3.53. The van der Waals surface area contributed by atoms with Gasteiger partial charge in [-0.2, -0.15) is 0 Å². The van der Waals surface area contributed by atoms with E-state index in [2.05, 4.69) is 0 Å². The van der Waals surface area contributed by atoms with Crippen molar-refractivity contribution in [1.29, 1.82) is 0 Å². The minimum atomic E-state index is -0.759. The second kappa shape index (κ2) is 4.52. The Morgan fingerprint density at radius 1 is 1.13 bits per heavy atom. The molecule has 2 N–H and O–H groups in total. The Kier molecular flexibility index (Phi) is 3.29.